The number of hydrogen-bond acceptors (Lipinski definition) is 4. The van der Waals surface area contributed by atoms with Gasteiger partial charge in [0.15, 0.2) is 0 Å². The Balaban J connectivity index is 1.45. The minimum atomic E-state index is -3.75. The number of nitrogens with zero attached hydrogens (tertiary/aromatic N) is 1. The quantitative estimate of drug-likeness (QED) is 0.637. The lowest BCUT2D eigenvalue weighted by Crippen LogP contribution is -2.47. The first-order chi connectivity index (χ1) is 15.4. The van der Waals surface area contributed by atoms with Gasteiger partial charge in [-0.3, -0.25) is 4.79 Å². The summed E-state index contributed by atoms with van der Waals surface area (Å²) in [6.45, 7) is 0.613. The fourth-order valence-electron chi connectivity index (χ4n) is 4.44. The number of rotatable bonds is 6. The molecule has 0 radical (unpaired) electrons. The molecule has 1 aliphatic heterocycles. The molecular formula is C24H29ClN2O4S. The van der Waals surface area contributed by atoms with E-state index in [2.05, 4.69) is 5.32 Å². The molecule has 1 heterocycles. The van der Waals surface area contributed by atoms with Crippen molar-refractivity contribution in [3.05, 3.63) is 53.6 Å². The van der Waals surface area contributed by atoms with E-state index in [-0.39, 0.29) is 29.3 Å². The number of hydrogen-bond donors (Lipinski definition) is 1. The minimum Gasteiger partial charge on any atom is -0.456 e. The van der Waals surface area contributed by atoms with Crippen molar-refractivity contribution in [1.29, 1.82) is 0 Å². The first-order valence-corrected chi connectivity index (χ1v) is 13.1. The molecule has 2 aliphatic rings. The molecule has 1 N–H and O–H groups in total. The molecular weight excluding hydrogens is 448 g/mol. The molecule has 4 rings (SSSR count). The molecule has 8 heteroatoms. The first kappa shape index (κ1) is 23.1. The van der Waals surface area contributed by atoms with E-state index in [1.54, 1.807) is 42.5 Å². The summed E-state index contributed by atoms with van der Waals surface area (Å²) in [5, 5.41) is 3.60. The first-order valence-electron chi connectivity index (χ1n) is 11.3. The van der Waals surface area contributed by atoms with Gasteiger partial charge in [-0.2, -0.15) is 4.31 Å². The van der Waals surface area contributed by atoms with Gasteiger partial charge in [0.1, 0.15) is 11.5 Å². The number of sulfonamides is 1. The average Bonchev–Trinajstić information content (AvgIpc) is 2.81. The Morgan fingerprint density at radius 3 is 2.56 bits per heavy atom. The smallest absolute Gasteiger partial charge is 0.243 e. The number of nitrogens with one attached hydrogen (secondary N) is 1. The molecule has 1 aliphatic carbocycles. The monoisotopic (exact) mass is 476 g/mol. The second-order valence-electron chi connectivity index (χ2n) is 8.55. The number of halogens is 1. The summed E-state index contributed by atoms with van der Waals surface area (Å²) < 4.78 is 33.9. The van der Waals surface area contributed by atoms with E-state index in [1.807, 2.05) is 0 Å². The highest BCUT2D eigenvalue weighted by molar-refractivity contribution is 7.89. The van der Waals surface area contributed by atoms with E-state index in [1.165, 1.54) is 16.8 Å². The maximum absolute atomic E-state index is 13.3. The Morgan fingerprint density at radius 1 is 1.00 bits per heavy atom. The van der Waals surface area contributed by atoms with Crippen LogP contribution in [0.25, 0.3) is 0 Å². The molecule has 1 atom stereocenters. The number of para-hydroxylation sites is 1. The molecule has 0 spiro atoms. The molecule has 172 valence electrons. The Hall–Kier alpha value is -2.09. The Labute approximate surface area is 195 Å². The summed E-state index contributed by atoms with van der Waals surface area (Å²) in [6, 6.07) is 13.7. The van der Waals surface area contributed by atoms with Crippen LogP contribution >= 0.6 is 11.6 Å². The lowest BCUT2D eigenvalue weighted by molar-refractivity contribution is -0.127. The second-order valence-corrected chi connectivity index (χ2v) is 10.9. The average molecular weight is 477 g/mol. The number of amides is 1. The molecule has 0 bridgehead atoms. The van der Waals surface area contributed by atoms with Crippen LogP contribution in [0.3, 0.4) is 0 Å². The van der Waals surface area contributed by atoms with Crippen LogP contribution in [0, 0.1) is 5.92 Å². The zero-order valence-electron chi connectivity index (χ0n) is 18.0. The Bertz CT molecular complexity index is 1050. The van der Waals surface area contributed by atoms with Crippen molar-refractivity contribution in [3.8, 4) is 11.5 Å². The van der Waals surface area contributed by atoms with Crippen LogP contribution < -0.4 is 10.1 Å². The molecule has 2 fully saturated rings. The second kappa shape index (κ2) is 10.2. The van der Waals surface area contributed by atoms with Gasteiger partial charge in [-0.25, -0.2) is 8.42 Å². The third kappa shape index (κ3) is 5.45. The van der Waals surface area contributed by atoms with E-state index in [0.29, 0.717) is 35.9 Å². The molecule has 1 saturated heterocycles. The molecule has 1 unspecified atom stereocenters. The minimum absolute atomic E-state index is 0.0207. The number of benzene rings is 2. The van der Waals surface area contributed by atoms with Crippen LogP contribution in [0.2, 0.25) is 5.02 Å². The standard InChI is InChI=1S/C24H29ClN2O4S/c25-22-13-4-5-14-23(22)31-20-11-6-12-21(16-20)32(29,30)27-15-7-8-18(17-27)24(28)26-19-9-2-1-3-10-19/h4-6,11-14,16,18-19H,1-3,7-10,15,17H2,(H,26,28). The largest absolute Gasteiger partial charge is 0.456 e. The van der Waals surface area contributed by atoms with Crippen molar-refractivity contribution in [2.24, 2.45) is 5.92 Å². The third-order valence-electron chi connectivity index (χ3n) is 6.21. The van der Waals surface area contributed by atoms with Crippen molar-refractivity contribution in [2.75, 3.05) is 13.1 Å². The van der Waals surface area contributed by atoms with E-state index >= 15 is 0 Å². The molecule has 0 aromatic heterocycles. The summed E-state index contributed by atoms with van der Waals surface area (Å²) in [4.78, 5) is 12.9. The van der Waals surface area contributed by atoms with Gasteiger partial charge in [0.2, 0.25) is 15.9 Å². The molecule has 32 heavy (non-hydrogen) atoms. The van der Waals surface area contributed by atoms with Gasteiger partial charge < -0.3 is 10.1 Å². The van der Waals surface area contributed by atoms with Gasteiger partial charge in [-0.05, 0) is 49.9 Å². The summed E-state index contributed by atoms with van der Waals surface area (Å²) in [6.07, 6.45) is 6.90. The number of carbonyl (C=O) groups excluding carboxylic acids is 1. The van der Waals surface area contributed by atoms with E-state index in [9.17, 15) is 13.2 Å². The van der Waals surface area contributed by atoms with Crippen molar-refractivity contribution < 1.29 is 17.9 Å². The van der Waals surface area contributed by atoms with Gasteiger partial charge in [0.25, 0.3) is 0 Å². The lowest BCUT2D eigenvalue weighted by atomic mass is 9.93. The molecule has 6 nitrogen and oxygen atoms in total. The summed E-state index contributed by atoms with van der Waals surface area (Å²) >= 11 is 6.15. The van der Waals surface area contributed by atoms with Crippen LogP contribution in [-0.2, 0) is 14.8 Å². The topological polar surface area (TPSA) is 75.7 Å². The summed E-state index contributed by atoms with van der Waals surface area (Å²) in [5.41, 5.74) is 0. The highest BCUT2D eigenvalue weighted by atomic mass is 35.5. The predicted octanol–water partition coefficient (Wildman–Crippen LogP) is 4.98. The normalized spacial score (nSPS) is 20.6. The summed E-state index contributed by atoms with van der Waals surface area (Å²) in [7, 11) is -3.75. The van der Waals surface area contributed by atoms with Crippen molar-refractivity contribution in [2.45, 2.75) is 55.9 Å². The highest BCUT2D eigenvalue weighted by Gasteiger charge is 2.34. The van der Waals surface area contributed by atoms with Crippen LogP contribution in [-0.4, -0.2) is 37.8 Å². The fraction of sp³-hybridized carbons (Fsp3) is 0.458. The summed E-state index contributed by atoms with van der Waals surface area (Å²) in [5.74, 6) is 0.513. The van der Waals surface area contributed by atoms with Crippen LogP contribution in [0.1, 0.15) is 44.9 Å². The van der Waals surface area contributed by atoms with Gasteiger partial charge in [0, 0.05) is 25.2 Å². The fourth-order valence-corrected chi connectivity index (χ4v) is 6.18. The van der Waals surface area contributed by atoms with Crippen LogP contribution in [0.5, 0.6) is 11.5 Å². The molecule has 1 amide bonds. The zero-order chi connectivity index (χ0) is 22.6. The maximum Gasteiger partial charge on any atom is 0.243 e. The lowest BCUT2D eigenvalue weighted by Gasteiger charge is -2.32. The zero-order valence-corrected chi connectivity index (χ0v) is 19.6. The van der Waals surface area contributed by atoms with E-state index in [4.69, 9.17) is 16.3 Å². The Kier molecular flexibility index (Phi) is 7.38. The van der Waals surface area contributed by atoms with Crippen molar-refractivity contribution >= 4 is 27.5 Å². The maximum atomic E-state index is 13.3. The van der Waals surface area contributed by atoms with Crippen LogP contribution in [0.4, 0.5) is 0 Å². The van der Waals surface area contributed by atoms with Crippen molar-refractivity contribution in [1.82, 2.24) is 9.62 Å². The molecule has 1 saturated carbocycles. The Morgan fingerprint density at radius 2 is 1.78 bits per heavy atom. The van der Waals surface area contributed by atoms with Gasteiger partial charge in [-0.15, -0.1) is 0 Å². The molecule has 2 aromatic rings. The van der Waals surface area contributed by atoms with Gasteiger partial charge in [0.05, 0.1) is 15.8 Å². The van der Waals surface area contributed by atoms with Crippen LogP contribution in [0.15, 0.2) is 53.4 Å². The van der Waals surface area contributed by atoms with E-state index < -0.39 is 10.0 Å². The third-order valence-corrected chi connectivity index (χ3v) is 8.39. The highest BCUT2D eigenvalue weighted by Crippen LogP contribution is 2.31. The van der Waals surface area contributed by atoms with Gasteiger partial charge in [-0.1, -0.05) is 49.1 Å². The van der Waals surface area contributed by atoms with Crippen molar-refractivity contribution in [3.63, 3.8) is 0 Å². The predicted molar refractivity (Wildman–Crippen MR) is 124 cm³/mol. The number of ether oxygens (including phenoxy) is 1. The number of piperidine rings is 1. The van der Waals surface area contributed by atoms with Gasteiger partial charge >= 0.3 is 0 Å². The molecule has 2 aromatic carbocycles. The number of carbonyl (C=O) groups is 1. The van der Waals surface area contributed by atoms with E-state index in [0.717, 1.165) is 25.7 Å². The SMILES string of the molecule is O=C(NC1CCCCC1)C1CCCN(S(=O)(=O)c2cccc(Oc3ccccc3Cl)c2)C1.